The third kappa shape index (κ3) is 5.83. The predicted octanol–water partition coefficient (Wildman–Crippen LogP) is 4.73. The van der Waals surface area contributed by atoms with E-state index in [1.165, 1.54) is 31.2 Å². The first-order chi connectivity index (χ1) is 21.8. The average Bonchev–Trinajstić information content (AvgIpc) is 3.79. The summed E-state index contributed by atoms with van der Waals surface area (Å²) in [4.78, 5) is 32.0. The van der Waals surface area contributed by atoms with Gasteiger partial charge in [-0.1, -0.05) is 0 Å². The summed E-state index contributed by atoms with van der Waals surface area (Å²) in [5.74, 6) is -1.85. The number of alkyl halides is 3. The van der Waals surface area contributed by atoms with Gasteiger partial charge in [0.2, 0.25) is 11.5 Å². The van der Waals surface area contributed by atoms with Gasteiger partial charge in [-0.15, -0.1) is 0 Å². The van der Waals surface area contributed by atoms with Gasteiger partial charge in [-0.25, -0.2) is 9.37 Å². The van der Waals surface area contributed by atoms with Gasteiger partial charge in [-0.05, 0) is 87.6 Å². The number of amides is 2. The Kier molecular flexibility index (Phi) is 8.07. The largest absolute Gasteiger partial charge is 0.489 e. The monoisotopic (exact) mass is 642 g/mol. The Labute approximate surface area is 262 Å². The third-order valence-corrected chi connectivity index (χ3v) is 8.87. The van der Waals surface area contributed by atoms with Crippen molar-refractivity contribution in [3.8, 4) is 22.8 Å². The van der Waals surface area contributed by atoms with E-state index in [0.29, 0.717) is 5.75 Å². The van der Waals surface area contributed by atoms with Crippen LogP contribution >= 0.6 is 0 Å². The zero-order valence-electron chi connectivity index (χ0n) is 25.1. The summed E-state index contributed by atoms with van der Waals surface area (Å²) < 4.78 is 69.8. The zero-order chi connectivity index (χ0) is 32.9. The lowest BCUT2D eigenvalue weighted by molar-refractivity contribution is -0.265. The van der Waals surface area contributed by atoms with Crippen LogP contribution in [0.25, 0.3) is 11.3 Å². The molecule has 0 radical (unpaired) electrons. The molecule has 2 fully saturated rings. The van der Waals surface area contributed by atoms with E-state index in [1.807, 2.05) is 0 Å². The van der Waals surface area contributed by atoms with Crippen molar-refractivity contribution in [1.82, 2.24) is 10.3 Å². The number of hydrogen-bond donors (Lipinski definition) is 3. The molecule has 4 N–H and O–H groups in total. The minimum Gasteiger partial charge on any atom is -0.489 e. The number of hydrogen-bond acceptors (Lipinski definition) is 7. The van der Waals surface area contributed by atoms with E-state index in [1.54, 1.807) is 6.07 Å². The number of rotatable bonds is 9. The number of nitrogens with two attached hydrogens (primary N) is 1. The maximum absolute atomic E-state index is 14.8. The highest BCUT2D eigenvalue weighted by molar-refractivity contribution is 5.95. The predicted molar refractivity (Wildman–Crippen MR) is 160 cm³/mol. The number of nitrogens with zero attached hydrogens (tertiary/aromatic N) is 2. The molecule has 2 aliphatic heterocycles. The Morgan fingerprint density at radius 1 is 1.11 bits per heavy atom. The first kappa shape index (κ1) is 31.6. The van der Waals surface area contributed by atoms with Gasteiger partial charge in [-0.3, -0.25) is 9.59 Å². The van der Waals surface area contributed by atoms with Gasteiger partial charge in [0.15, 0.2) is 0 Å². The van der Waals surface area contributed by atoms with Gasteiger partial charge in [0.25, 0.3) is 5.91 Å². The number of fused-ring (bicyclic) bond motifs is 1. The van der Waals surface area contributed by atoms with E-state index in [9.17, 15) is 32.3 Å². The molecule has 2 atom stereocenters. The van der Waals surface area contributed by atoms with Crippen LogP contribution in [0.4, 0.5) is 23.2 Å². The van der Waals surface area contributed by atoms with E-state index < -0.39 is 47.1 Å². The second kappa shape index (κ2) is 11.8. The number of carbonyl (C=O) groups is 2. The number of piperidine rings is 1. The van der Waals surface area contributed by atoms with Crippen LogP contribution in [0.3, 0.4) is 0 Å². The van der Waals surface area contributed by atoms with Crippen molar-refractivity contribution >= 4 is 17.5 Å². The number of primary amides is 1. The van der Waals surface area contributed by atoms with Crippen LogP contribution < -0.4 is 25.4 Å². The number of benzene rings is 2. The molecular weight excluding hydrogens is 608 g/mol. The maximum atomic E-state index is 14.8. The van der Waals surface area contributed by atoms with Crippen LogP contribution in [-0.4, -0.2) is 60.4 Å². The first-order valence-electron chi connectivity index (χ1n) is 15.2. The van der Waals surface area contributed by atoms with Gasteiger partial charge >= 0.3 is 6.18 Å². The SMILES string of the molecule is C[C@]1(C(N)=O)COc2c1cc([C@@](O)(CNC(=O)c1ccc(N3CCCCC3)c(OC3CC3)c1)C(F)(F)F)nc2-c1ccc(F)cc1. The van der Waals surface area contributed by atoms with Crippen LogP contribution in [0.5, 0.6) is 11.5 Å². The Morgan fingerprint density at radius 3 is 2.43 bits per heavy atom. The third-order valence-electron chi connectivity index (χ3n) is 8.87. The summed E-state index contributed by atoms with van der Waals surface area (Å²) in [6, 6.07) is 10.4. The van der Waals surface area contributed by atoms with Crippen LogP contribution in [0.2, 0.25) is 0 Å². The minimum absolute atomic E-state index is 0.0118. The molecule has 1 saturated heterocycles. The summed E-state index contributed by atoms with van der Waals surface area (Å²) in [7, 11) is 0. The van der Waals surface area contributed by atoms with Crippen molar-refractivity contribution in [2.75, 3.05) is 31.1 Å². The molecule has 9 nitrogen and oxygen atoms in total. The van der Waals surface area contributed by atoms with E-state index in [-0.39, 0.29) is 40.8 Å². The lowest BCUT2D eigenvalue weighted by Crippen LogP contribution is -2.51. The highest BCUT2D eigenvalue weighted by Gasteiger charge is 2.57. The molecule has 3 aliphatic rings. The lowest BCUT2D eigenvalue weighted by atomic mass is 9.81. The summed E-state index contributed by atoms with van der Waals surface area (Å²) in [6.07, 6.45) is -0.394. The standard InChI is InChI=1S/C33H34F4N4O5/c1-31(30(38)43)18-45-28-23(31)16-26(40-27(28)19-5-8-21(34)9-6-19)32(44,33(35,36)37)17-39-29(42)20-7-12-24(41-13-3-2-4-14-41)25(15-20)46-22-10-11-22/h5-9,12,15-16,22,44H,2-4,10-11,13-14,17-18H2,1H3,(H2,38,43)(H,39,42)/t31-,32-/m0/s1. The van der Waals surface area contributed by atoms with Gasteiger partial charge < -0.3 is 30.5 Å². The van der Waals surface area contributed by atoms with Crippen molar-refractivity contribution in [2.45, 2.75) is 62.3 Å². The van der Waals surface area contributed by atoms with E-state index in [2.05, 4.69) is 15.2 Å². The van der Waals surface area contributed by atoms with Crippen LogP contribution in [-0.2, 0) is 15.8 Å². The quantitative estimate of drug-likeness (QED) is 0.288. The van der Waals surface area contributed by atoms with Gasteiger partial charge in [-0.2, -0.15) is 13.2 Å². The van der Waals surface area contributed by atoms with Crippen molar-refractivity contribution < 1.29 is 41.7 Å². The fourth-order valence-corrected chi connectivity index (χ4v) is 5.76. The molecule has 6 rings (SSSR count). The van der Waals surface area contributed by atoms with Crippen LogP contribution in [0, 0.1) is 5.82 Å². The van der Waals surface area contributed by atoms with Crippen molar-refractivity contribution in [1.29, 1.82) is 0 Å². The molecular formula is C33H34F4N4O5. The second-order valence-electron chi connectivity index (χ2n) is 12.3. The molecule has 1 aliphatic carbocycles. The Balaban J connectivity index is 1.35. The number of aromatic nitrogens is 1. The number of halogens is 4. The van der Waals surface area contributed by atoms with E-state index >= 15 is 0 Å². The molecule has 2 amide bonds. The van der Waals surface area contributed by atoms with Crippen LogP contribution in [0.1, 0.15) is 60.6 Å². The first-order valence-corrected chi connectivity index (χ1v) is 15.2. The topological polar surface area (TPSA) is 127 Å². The number of anilines is 1. The smallest absolute Gasteiger partial charge is 0.424 e. The lowest BCUT2D eigenvalue weighted by Gasteiger charge is -2.32. The molecule has 244 valence electrons. The number of carbonyl (C=O) groups excluding carboxylic acids is 2. The van der Waals surface area contributed by atoms with Gasteiger partial charge in [0, 0.05) is 29.8 Å². The van der Waals surface area contributed by atoms with Crippen molar-refractivity contribution in [3.63, 3.8) is 0 Å². The molecule has 2 aromatic carbocycles. The number of ether oxygens (including phenoxy) is 2. The molecule has 3 aromatic rings. The summed E-state index contributed by atoms with van der Waals surface area (Å²) in [6.45, 7) is 1.49. The number of nitrogens with one attached hydrogen (secondary N) is 1. The van der Waals surface area contributed by atoms with E-state index in [4.69, 9.17) is 15.2 Å². The van der Waals surface area contributed by atoms with Gasteiger partial charge in [0.05, 0.1) is 24.0 Å². The zero-order valence-corrected chi connectivity index (χ0v) is 25.1. The summed E-state index contributed by atoms with van der Waals surface area (Å²) in [5, 5.41) is 13.5. The molecule has 3 heterocycles. The average molecular weight is 643 g/mol. The molecule has 1 aromatic heterocycles. The molecule has 46 heavy (non-hydrogen) atoms. The fourth-order valence-electron chi connectivity index (χ4n) is 5.76. The van der Waals surface area contributed by atoms with E-state index in [0.717, 1.165) is 69.1 Å². The minimum atomic E-state index is -5.33. The Morgan fingerprint density at radius 2 is 1.80 bits per heavy atom. The number of pyridine rings is 1. The highest BCUT2D eigenvalue weighted by Crippen LogP contribution is 2.48. The Bertz CT molecular complexity index is 1660. The second-order valence-corrected chi connectivity index (χ2v) is 12.3. The normalized spacial score (nSPS) is 20.8. The van der Waals surface area contributed by atoms with Crippen molar-refractivity contribution in [2.24, 2.45) is 5.73 Å². The number of aliphatic hydroxyl groups is 1. The molecule has 0 bridgehead atoms. The Hall–Kier alpha value is -4.39. The molecule has 0 spiro atoms. The molecule has 13 heteroatoms. The van der Waals surface area contributed by atoms with Gasteiger partial charge in [0.1, 0.15) is 35.0 Å². The molecule has 0 unspecified atom stereocenters. The van der Waals surface area contributed by atoms with Crippen molar-refractivity contribution in [3.05, 3.63) is 71.2 Å². The summed E-state index contributed by atoms with van der Waals surface area (Å²) in [5.41, 5.74) is 0.372. The maximum Gasteiger partial charge on any atom is 0.424 e. The fraction of sp³-hybridized carbons (Fsp3) is 0.424. The molecule has 1 saturated carbocycles. The summed E-state index contributed by atoms with van der Waals surface area (Å²) >= 11 is 0. The van der Waals surface area contributed by atoms with Crippen LogP contribution in [0.15, 0.2) is 48.5 Å². The highest BCUT2D eigenvalue weighted by atomic mass is 19.4.